The van der Waals surface area contributed by atoms with E-state index in [2.05, 4.69) is 15.6 Å². The van der Waals surface area contributed by atoms with Crippen LogP contribution in [0.5, 0.6) is 23.0 Å². The zero-order chi connectivity index (χ0) is 18.4. The third kappa shape index (κ3) is 4.30. The van der Waals surface area contributed by atoms with Gasteiger partial charge in [0.2, 0.25) is 0 Å². The zero-order valence-corrected chi connectivity index (χ0v) is 14.9. The van der Waals surface area contributed by atoms with Gasteiger partial charge >= 0.3 is 0 Å². The maximum absolute atomic E-state index is 9.98. The van der Waals surface area contributed by atoms with Crippen LogP contribution in [-0.2, 0) is 6.54 Å². The van der Waals surface area contributed by atoms with Crippen molar-refractivity contribution in [3.8, 4) is 23.0 Å². The first kappa shape index (κ1) is 17.7. The molecule has 0 radical (unpaired) electrons. The number of aromatic hydroxyl groups is 1. The molecule has 0 unspecified atom stereocenters. The van der Waals surface area contributed by atoms with Crippen LogP contribution in [0, 0.1) is 0 Å². The highest BCUT2D eigenvalue weighted by atomic mass is 16.5. The summed E-state index contributed by atoms with van der Waals surface area (Å²) in [6, 6.07) is 10.8. The van der Waals surface area contributed by atoms with Crippen molar-refractivity contribution in [2.75, 3.05) is 32.7 Å². The van der Waals surface area contributed by atoms with Crippen LogP contribution in [-0.4, -0.2) is 38.4 Å². The third-order valence-corrected chi connectivity index (χ3v) is 3.97. The fraction of sp³-hybridized carbons (Fsp3) is 0.316. The number of nitrogens with zero attached hydrogens (tertiary/aromatic N) is 1. The minimum Gasteiger partial charge on any atom is -0.508 e. The molecule has 0 aliphatic carbocycles. The molecule has 2 aromatic carbocycles. The summed E-state index contributed by atoms with van der Waals surface area (Å²) in [5, 5.41) is 16.4. The van der Waals surface area contributed by atoms with Crippen molar-refractivity contribution in [2.24, 2.45) is 4.99 Å². The summed E-state index contributed by atoms with van der Waals surface area (Å²) < 4.78 is 16.5. The Kier molecular flexibility index (Phi) is 5.68. The van der Waals surface area contributed by atoms with Crippen molar-refractivity contribution in [2.45, 2.75) is 13.0 Å². The van der Waals surface area contributed by atoms with Gasteiger partial charge in [-0.05, 0) is 30.3 Å². The molecular formula is C19H23N3O4. The molecule has 0 spiro atoms. The van der Waals surface area contributed by atoms with Crippen molar-refractivity contribution in [3.05, 3.63) is 42.0 Å². The van der Waals surface area contributed by atoms with E-state index < -0.39 is 0 Å². The molecule has 7 nitrogen and oxygen atoms in total. The van der Waals surface area contributed by atoms with Gasteiger partial charge in [-0.2, -0.15) is 0 Å². The Hall–Kier alpha value is -3.09. The summed E-state index contributed by atoms with van der Waals surface area (Å²) in [6.07, 6.45) is 0.866. The summed E-state index contributed by atoms with van der Waals surface area (Å²) in [7, 11) is 3.28. The molecule has 7 heteroatoms. The minimum absolute atomic E-state index is 0.198. The molecule has 1 aliphatic rings. The Morgan fingerprint density at radius 2 is 1.96 bits per heavy atom. The number of nitrogens with one attached hydrogen (secondary N) is 2. The second kappa shape index (κ2) is 8.33. The first-order valence-electron chi connectivity index (χ1n) is 8.43. The zero-order valence-electron chi connectivity index (χ0n) is 14.9. The summed E-state index contributed by atoms with van der Waals surface area (Å²) in [6.45, 7) is 1.69. The van der Waals surface area contributed by atoms with E-state index >= 15 is 0 Å². The number of methoxy groups -OCH3 is 1. The number of phenolic OH excluding ortho intramolecular Hbond substituents is 1. The van der Waals surface area contributed by atoms with Gasteiger partial charge in [0, 0.05) is 37.3 Å². The summed E-state index contributed by atoms with van der Waals surface area (Å²) in [5.74, 6) is 2.92. The standard InChI is InChI=1S/C19H23N3O4/c1-20-19(21-12-13-10-15(24-2)5-6-16(13)23)22-14-4-7-17-18(11-14)26-9-3-8-25-17/h4-7,10-11,23H,3,8-9,12H2,1-2H3,(H2,20,21,22). The van der Waals surface area contributed by atoms with E-state index in [-0.39, 0.29) is 5.75 Å². The van der Waals surface area contributed by atoms with Gasteiger partial charge in [0.15, 0.2) is 17.5 Å². The molecule has 0 atom stereocenters. The topological polar surface area (TPSA) is 84.3 Å². The SMILES string of the molecule is CN=C(NCc1cc(OC)ccc1O)Nc1ccc2c(c1)OCCCO2. The molecule has 1 aliphatic heterocycles. The normalized spacial score (nSPS) is 13.7. The highest BCUT2D eigenvalue weighted by molar-refractivity contribution is 5.93. The molecule has 0 saturated carbocycles. The molecule has 3 rings (SSSR count). The van der Waals surface area contributed by atoms with Crippen LogP contribution in [0.1, 0.15) is 12.0 Å². The lowest BCUT2D eigenvalue weighted by Crippen LogP contribution is -2.30. The fourth-order valence-corrected chi connectivity index (χ4v) is 2.57. The first-order chi connectivity index (χ1) is 12.7. The van der Waals surface area contributed by atoms with Crippen molar-refractivity contribution in [1.29, 1.82) is 0 Å². The maximum Gasteiger partial charge on any atom is 0.195 e. The molecule has 0 aromatic heterocycles. The third-order valence-electron chi connectivity index (χ3n) is 3.97. The van der Waals surface area contributed by atoms with Gasteiger partial charge in [-0.25, -0.2) is 0 Å². The molecule has 0 amide bonds. The molecule has 0 bridgehead atoms. The number of aliphatic imine (C=N–C) groups is 1. The second-order valence-corrected chi connectivity index (χ2v) is 5.76. The number of fused-ring (bicyclic) bond motifs is 1. The minimum atomic E-state index is 0.198. The monoisotopic (exact) mass is 357 g/mol. The average molecular weight is 357 g/mol. The van der Waals surface area contributed by atoms with Crippen molar-refractivity contribution in [3.63, 3.8) is 0 Å². The van der Waals surface area contributed by atoms with Crippen LogP contribution >= 0.6 is 0 Å². The molecule has 1 heterocycles. The molecule has 138 valence electrons. The van der Waals surface area contributed by atoms with E-state index in [0.717, 1.165) is 17.9 Å². The van der Waals surface area contributed by atoms with Gasteiger partial charge in [-0.1, -0.05) is 0 Å². The Labute approximate surface area is 152 Å². The van der Waals surface area contributed by atoms with Crippen molar-refractivity contribution < 1.29 is 19.3 Å². The Bertz CT molecular complexity index is 792. The van der Waals surface area contributed by atoms with E-state index in [4.69, 9.17) is 14.2 Å². The highest BCUT2D eigenvalue weighted by Crippen LogP contribution is 2.32. The number of phenols is 1. The fourth-order valence-electron chi connectivity index (χ4n) is 2.57. The van der Waals surface area contributed by atoms with Crippen LogP contribution in [0.15, 0.2) is 41.4 Å². The quantitative estimate of drug-likeness (QED) is 0.576. The van der Waals surface area contributed by atoms with Crippen LogP contribution in [0.2, 0.25) is 0 Å². The predicted molar refractivity (Wildman–Crippen MR) is 101 cm³/mol. The summed E-state index contributed by atoms with van der Waals surface area (Å²) >= 11 is 0. The molecule has 0 fully saturated rings. The molecule has 3 N–H and O–H groups in total. The summed E-state index contributed by atoms with van der Waals surface area (Å²) in [4.78, 5) is 4.21. The number of benzene rings is 2. The van der Waals surface area contributed by atoms with Gasteiger partial charge in [0.25, 0.3) is 0 Å². The lowest BCUT2D eigenvalue weighted by Gasteiger charge is -2.15. The number of hydrogen-bond acceptors (Lipinski definition) is 5. The Morgan fingerprint density at radius 3 is 2.73 bits per heavy atom. The first-order valence-corrected chi connectivity index (χ1v) is 8.43. The van der Waals surface area contributed by atoms with Crippen molar-refractivity contribution in [1.82, 2.24) is 5.32 Å². The Morgan fingerprint density at radius 1 is 1.15 bits per heavy atom. The molecule has 2 aromatic rings. The van der Waals surface area contributed by atoms with E-state index in [1.165, 1.54) is 0 Å². The maximum atomic E-state index is 9.98. The summed E-state index contributed by atoms with van der Waals surface area (Å²) in [5.41, 5.74) is 1.54. The molecular weight excluding hydrogens is 334 g/mol. The number of anilines is 1. The number of ether oxygens (including phenoxy) is 3. The molecule has 0 saturated heterocycles. The van der Waals surface area contributed by atoms with Gasteiger partial charge < -0.3 is 30.0 Å². The Balaban J connectivity index is 1.66. The van der Waals surface area contributed by atoms with Gasteiger partial charge in [-0.15, -0.1) is 0 Å². The lowest BCUT2D eigenvalue weighted by molar-refractivity contribution is 0.297. The van der Waals surface area contributed by atoms with Crippen LogP contribution < -0.4 is 24.8 Å². The molecule has 26 heavy (non-hydrogen) atoms. The largest absolute Gasteiger partial charge is 0.508 e. The van der Waals surface area contributed by atoms with Gasteiger partial charge in [0.05, 0.1) is 20.3 Å². The smallest absolute Gasteiger partial charge is 0.195 e. The van der Waals surface area contributed by atoms with E-state index in [9.17, 15) is 5.11 Å². The van der Waals surface area contributed by atoms with Crippen LogP contribution in [0.25, 0.3) is 0 Å². The van der Waals surface area contributed by atoms with E-state index in [1.807, 2.05) is 18.2 Å². The average Bonchev–Trinajstić information content (AvgIpc) is 2.91. The van der Waals surface area contributed by atoms with Crippen molar-refractivity contribution >= 4 is 11.6 Å². The highest BCUT2D eigenvalue weighted by Gasteiger charge is 2.11. The lowest BCUT2D eigenvalue weighted by atomic mass is 10.2. The predicted octanol–water partition coefficient (Wildman–Crippen LogP) is 2.75. The van der Waals surface area contributed by atoms with E-state index in [1.54, 1.807) is 32.4 Å². The van der Waals surface area contributed by atoms with Crippen LogP contribution in [0.4, 0.5) is 5.69 Å². The number of guanidine groups is 1. The second-order valence-electron chi connectivity index (χ2n) is 5.76. The van der Waals surface area contributed by atoms with Gasteiger partial charge in [-0.3, -0.25) is 4.99 Å². The van der Waals surface area contributed by atoms with E-state index in [0.29, 0.717) is 42.8 Å². The van der Waals surface area contributed by atoms with Crippen LogP contribution in [0.3, 0.4) is 0 Å². The number of hydrogen-bond donors (Lipinski definition) is 3. The van der Waals surface area contributed by atoms with Gasteiger partial charge in [0.1, 0.15) is 11.5 Å². The number of rotatable bonds is 4.